The molecule has 0 spiro atoms. The van der Waals surface area contributed by atoms with E-state index in [0.29, 0.717) is 47.9 Å². The van der Waals surface area contributed by atoms with Crippen LogP contribution in [-0.4, -0.2) is 42.8 Å². The van der Waals surface area contributed by atoms with Gasteiger partial charge < -0.3 is 19.5 Å². The van der Waals surface area contributed by atoms with Crippen molar-refractivity contribution in [1.29, 1.82) is 0 Å². The van der Waals surface area contributed by atoms with Crippen molar-refractivity contribution in [1.82, 2.24) is 4.90 Å². The molecule has 0 saturated heterocycles. The molecule has 0 bridgehead atoms. The summed E-state index contributed by atoms with van der Waals surface area (Å²) in [7, 11) is 0. The summed E-state index contributed by atoms with van der Waals surface area (Å²) >= 11 is 0. The maximum absolute atomic E-state index is 13.2. The van der Waals surface area contributed by atoms with Crippen molar-refractivity contribution in [3.63, 3.8) is 0 Å². The first-order valence-corrected chi connectivity index (χ1v) is 9.99. The molecule has 0 radical (unpaired) electrons. The number of hydrogen-bond donors (Lipinski definition) is 1. The van der Waals surface area contributed by atoms with Crippen LogP contribution in [-0.2, 0) is 14.3 Å². The van der Waals surface area contributed by atoms with Gasteiger partial charge in [-0.25, -0.2) is 0 Å². The molecular weight excluding hydrogens is 384 g/mol. The largest absolute Gasteiger partial charge is 0.454 e. The molecule has 2 aliphatic heterocycles. The van der Waals surface area contributed by atoms with E-state index in [1.807, 2.05) is 44.2 Å². The average Bonchev–Trinajstić information content (AvgIpc) is 3.29. The lowest BCUT2D eigenvalue weighted by atomic mass is 10.0. The molecule has 0 unspecified atom stereocenters. The highest BCUT2D eigenvalue weighted by Gasteiger charge is 2.38. The van der Waals surface area contributed by atoms with E-state index in [1.54, 1.807) is 18.2 Å². The molecule has 2 aliphatic rings. The number of rotatable bonds is 8. The Morgan fingerprint density at radius 1 is 1.03 bits per heavy atom. The number of nitrogens with zero attached hydrogens (tertiary/aromatic N) is 1. The van der Waals surface area contributed by atoms with E-state index in [1.165, 1.54) is 4.90 Å². The predicted molar refractivity (Wildman–Crippen MR) is 112 cm³/mol. The fourth-order valence-electron chi connectivity index (χ4n) is 3.43. The number of imide groups is 1. The Bertz CT molecular complexity index is 984. The molecule has 7 nitrogen and oxygen atoms in total. The summed E-state index contributed by atoms with van der Waals surface area (Å²) in [5.41, 5.74) is 1.96. The smallest absolute Gasteiger partial charge is 0.278 e. The zero-order valence-corrected chi connectivity index (χ0v) is 17.0. The Hall–Kier alpha value is -3.32. The quantitative estimate of drug-likeness (QED) is 0.533. The van der Waals surface area contributed by atoms with E-state index in [2.05, 4.69) is 5.32 Å². The summed E-state index contributed by atoms with van der Waals surface area (Å²) in [6.07, 6.45) is 0.686. The van der Waals surface area contributed by atoms with Gasteiger partial charge in [0, 0.05) is 24.9 Å². The first-order valence-electron chi connectivity index (χ1n) is 9.99. The third-order valence-electron chi connectivity index (χ3n) is 4.85. The SMILES string of the molecule is CC(C)OCCCN1C(=O)C(Nc2ccc3c(c2)OCO3)=C(c2ccccc2)C1=O. The van der Waals surface area contributed by atoms with Crippen LogP contribution < -0.4 is 14.8 Å². The van der Waals surface area contributed by atoms with Gasteiger partial charge in [-0.2, -0.15) is 0 Å². The van der Waals surface area contributed by atoms with Gasteiger partial charge in [-0.3, -0.25) is 14.5 Å². The van der Waals surface area contributed by atoms with Crippen molar-refractivity contribution in [3.05, 3.63) is 59.8 Å². The molecule has 2 amide bonds. The van der Waals surface area contributed by atoms with E-state index >= 15 is 0 Å². The van der Waals surface area contributed by atoms with Crippen LogP contribution in [0.25, 0.3) is 5.57 Å². The van der Waals surface area contributed by atoms with Crippen molar-refractivity contribution in [3.8, 4) is 11.5 Å². The molecule has 2 heterocycles. The van der Waals surface area contributed by atoms with Crippen LogP contribution in [0.3, 0.4) is 0 Å². The Morgan fingerprint density at radius 3 is 2.57 bits per heavy atom. The number of carbonyl (C=O) groups excluding carboxylic acids is 2. The fraction of sp³-hybridized carbons (Fsp3) is 0.304. The van der Waals surface area contributed by atoms with Gasteiger partial charge in [0.2, 0.25) is 6.79 Å². The van der Waals surface area contributed by atoms with Crippen molar-refractivity contribution >= 4 is 23.1 Å². The molecule has 2 aromatic carbocycles. The molecule has 2 aromatic rings. The number of benzene rings is 2. The predicted octanol–water partition coefficient (Wildman–Crippen LogP) is 3.42. The number of fused-ring (bicyclic) bond motifs is 1. The fourth-order valence-corrected chi connectivity index (χ4v) is 3.43. The summed E-state index contributed by atoms with van der Waals surface area (Å²) in [5.74, 6) is 0.597. The lowest BCUT2D eigenvalue weighted by Crippen LogP contribution is -2.34. The third kappa shape index (κ3) is 4.02. The minimum atomic E-state index is -0.346. The van der Waals surface area contributed by atoms with E-state index < -0.39 is 0 Å². The molecule has 0 fully saturated rings. The van der Waals surface area contributed by atoms with Crippen LogP contribution in [0.5, 0.6) is 11.5 Å². The van der Waals surface area contributed by atoms with Crippen LogP contribution in [0.1, 0.15) is 25.8 Å². The first kappa shape index (κ1) is 20.0. The molecule has 0 aromatic heterocycles. The number of anilines is 1. The molecule has 0 atom stereocenters. The van der Waals surface area contributed by atoms with E-state index in [0.717, 1.165) is 0 Å². The first-order chi connectivity index (χ1) is 14.5. The lowest BCUT2D eigenvalue weighted by Gasteiger charge is -2.16. The van der Waals surface area contributed by atoms with E-state index in [-0.39, 0.29) is 30.4 Å². The van der Waals surface area contributed by atoms with Crippen LogP contribution in [0.2, 0.25) is 0 Å². The second-order valence-electron chi connectivity index (χ2n) is 7.34. The average molecular weight is 408 g/mol. The summed E-state index contributed by atoms with van der Waals surface area (Å²) in [4.78, 5) is 27.6. The summed E-state index contributed by atoms with van der Waals surface area (Å²) in [6, 6.07) is 14.5. The second kappa shape index (κ2) is 8.59. The van der Waals surface area contributed by atoms with Crippen LogP contribution in [0.4, 0.5) is 5.69 Å². The molecule has 0 saturated carbocycles. The van der Waals surface area contributed by atoms with E-state index in [9.17, 15) is 9.59 Å². The summed E-state index contributed by atoms with van der Waals surface area (Å²) < 4.78 is 16.3. The van der Waals surface area contributed by atoms with Gasteiger partial charge in [0.05, 0.1) is 11.7 Å². The summed E-state index contributed by atoms with van der Waals surface area (Å²) in [6.45, 7) is 4.86. The third-order valence-corrected chi connectivity index (χ3v) is 4.85. The van der Waals surface area contributed by atoms with Gasteiger partial charge in [0.25, 0.3) is 11.8 Å². The van der Waals surface area contributed by atoms with E-state index in [4.69, 9.17) is 14.2 Å². The Labute approximate surface area is 175 Å². The highest BCUT2D eigenvalue weighted by molar-refractivity contribution is 6.36. The van der Waals surface area contributed by atoms with Crippen molar-refractivity contribution in [2.75, 3.05) is 25.3 Å². The van der Waals surface area contributed by atoms with Gasteiger partial charge in [-0.15, -0.1) is 0 Å². The number of nitrogens with one attached hydrogen (secondary N) is 1. The van der Waals surface area contributed by atoms with Crippen molar-refractivity contribution in [2.45, 2.75) is 26.4 Å². The second-order valence-corrected chi connectivity index (χ2v) is 7.34. The molecule has 1 N–H and O–H groups in total. The van der Waals surface area contributed by atoms with Crippen LogP contribution in [0.15, 0.2) is 54.2 Å². The van der Waals surface area contributed by atoms with Crippen LogP contribution in [0, 0.1) is 0 Å². The maximum atomic E-state index is 13.2. The number of ether oxygens (including phenoxy) is 3. The van der Waals surface area contributed by atoms with Gasteiger partial charge in [0.15, 0.2) is 11.5 Å². The highest BCUT2D eigenvalue weighted by Crippen LogP contribution is 2.36. The monoisotopic (exact) mass is 408 g/mol. The molecule has 0 aliphatic carbocycles. The Morgan fingerprint density at radius 2 is 1.80 bits per heavy atom. The lowest BCUT2D eigenvalue weighted by molar-refractivity contribution is -0.137. The minimum Gasteiger partial charge on any atom is -0.454 e. The topological polar surface area (TPSA) is 77.1 Å². The molecular formula is C23H24N2O5. The molecule has 4 rings (SSSR count). The van der Waals surface area contributed by atoms with Gasteiger partial charge in [-0.05, 0) is 38.0 Å². The Kier molecular flexibility index (Phi) is 5.72. The van der Waals surface area contributed by atoms with Crippen molar-refractivity contribution in [2.24, 2.45) is 0 Å². The standard InChI is InChI=1S/C23H24N2O5/c1-15(2)28-12-6-11-25-22(26)20(16-7-4-3-5-8-16)21(23(25)27)24-17-9-10-18-19(13-17)30-14-29-18/h3-5,7-10,13,15,24H,6,11-12,14H2,1-2H3. The normalized spacial score (nSPS) is 15.5. The highest BCUT2D eigenvalue weighted by atomic mass is 16.7. The molecule has 30 heavy (non-hydrogen) atoms. The zero-order chi connectivity index (χ0) is 21.1. The van der Waals surface area contributed by atoms with Gasteiger partial charge >= 0.3 is 0 Å². The van der Waals surface area contributed by atoms with Gasteiger partial charge in [-0.1, -0.05) is 30.3 Å². The van der Waals surface area contributed by atoms with Crippen molar-refractivity contribution < 1.29 is 23.8 Å². The number of amides is 2. The number of carbonyl (C=O) groups is 2. The summed E-state index contributed by atoms with van der Waals surface area (Å²) in [5, 5.41) is 3.14. The van der Waals surface area contributed by atoms with Crippen LogP contribution >= 0.6 is 0 Å². The minimum absolute atomic E-state index is 0.108. The molecule has 7 heteroatoms. The van der Waals surface area contributed by atoms with Gasteiger partial charge in [0.1, 0.15) is 5.70 Å². The Balaban J connectivity index is 1.60. The maximum Gasteiger partial charge on any atom is 0.278 e. The molecule has 156 valence electrons. The number of hydrogen-bond acceptors (Lipinski definition) is 6. The zero-order valence-electron chi connectivity index (χ0n) is 17.0.